The molecule has 6 nitrogen and oxygen atoms in total. The molecular formula is C12H17N3O3S. The molecule has 1 aromatic heterocycles. The molecule has 1 fully saturated rings. The number of carbonyl (C=O) groups is 2. The van der Waals surface area contributed by atoms with Crippen molar-refractivity contribution in [2.24, 2.45) is 5.73 Å². The van der Waals surface area contributed by atoms with Crippen molar-refractivity contribution in [3.63, 3.8) is 0 Å². The van der Waals surface area contributed by atoms with Crippen LogP contribution in [0.3, 0.4) is 0 Å². The Kier molecular flexibility index (Phi) is 4.52. The number of carbonyl (C=O) groups excluding carboxylic acids is 1. The molecule has 1 unspecified atom stereocenters. The molecular weight excluding hydrogens is 266 g/mol. The van der Waals surface area contributed by atoms with Gasteiger partial charge in [-0.15, -0.1) is 11.3 Å². The molecule has 0 spiro atoms. The van der Waals surface area contributed by atoms with Gasteiger partial charge in [-0.25, -0.2) is 0 Å². The van der Waals surface area contributed by atoms with Gasteiger partial charge in [-0.2, -0.15) is 0 Å². The smallest absolute Gasteiger partial charge is 0.317 e. The second-order valence-electron chi connectivity index (χ2n) is 4.49. The van der Waals surface area contributed by atoms with E-state index >= 15 is 0 Å². The van der Waals surface area contributed by atoms with Crippen molar-refractivity contribution in [1.82, 2.24) is 9.80 Å². The van der Waals surface area contributed by atoms with E-state index in [0.29, 0.717) is 26.2 Å². The number of piperazine rings is 1. The Morgan fingerprint density at radius 3 is 2.58 bits per heavy atom. The molecule has 19 heavy (non-hydrogen) atoms. The molecule has 1 amide bonds. The molecule has 1 aliphatic heterocycles. The van der Waals surface area contributed by atoms with Crippen molar-refractivity contribution in [2.45, 2.75) is 6.04 Å². The van der Waals surface area contributed by atoms with Gasteiger partial charge in [-0.05, 0) is 11.4 Å². The molecule has 1 aliphatic rings. The first kappa shape index (κ1) is 14.0. The van der Waals surface area contributed by atoms with E-state index in [2.05, 4.69) is 0 Å². The summed E-state index contributed by atoms with van der Waals surface area (Å²) in [7, 11) is 0. The summed E-state index contributed by atoms with van der Waals surface area (Å²) in [5, 5.41) is 10.6. The SMILES string of the molecule is NC(C(=O)N1CCN(CC(=O)O)CC1)c1cccs1. The zero-order chi connectivity index (χ0) is 13.8. The monoisotopic (exact) mass is 283 g/mol. The van der Waals surface area contributed by atoms with Crippen molar-refractivity contribution in [1.29, 1.82) is 0 Å². The van der Waals surface area contributed by atoms with E-state index in [0.717, 1.165) is 4.88 Å². The number of rotatable bonds is 4. The third-order valence-electron chi connectivity index (χ3n) is 3.16. The Bertz CT molecular complexity index is 441. The summed E-state index contributed by atoms with van der Waals surface area (Å²) in [5.41, 5.74) is 5.94. The Morgan fingerprint density at radius 2 is 2.05 bits per heavy atom. The van der Waals surface area contributed by atoms with Gasteiger partial charge in [0.15, 0.2) is 0 Å². The molecule has 0 saturated carbocycles. The highest BCUT2D eigenvalue weighted by atomic mass is 32.1. The van der Waals surface area contributed by atoms with Crippen LogP contribution in [0.4, 0.5) is 0 Å². The average molecular weight is 283 g/mol. The Hall–Kier alpha value is -1.44. The van der Waals surface area contributed by atoms with Crippen LogP contribution in [0.1, 0.15) is 10.9 Å². The maximum atomic E-state index is 12.2. The summed E-state index contributed by atoms with van der Waals surface area (Å²) >= 11 is 1.47. The molecule has 104 valence electrons. The van der Waals surface area contributed by atoms with Crippen LogP contribution in [0.5, 0.6) is 0 Å². The zero-order valence-electron chi connectivity index (χ0n) is 10.5. The number of carboxylic acids is 1. The Morgan fingerprint density at radius 1 is 1.37 bits per heavy atom. The molecule has 0 radical (unpaired) electrons. The van der Waals surface area contributed by atoms with Crippen molar-refractivity contribution < 1.29 is 14.7 Å². The molecule has 1 atom stereocenters. The lowest BCUT2D eigenvalue weighted by Gasteiger charge is -2.34. The molecule has 2 rings (SSSR count). The van der Waals surface area contributed by atoms with Gasteiger partial charge < -0.3 is 15.7 Å². The number of aliphatic carboxylic acids is 1. The number of carboxylic acid groups (broad SMARTS) is 1. The predicted molar refractivity (Wildman–Crippen MR) is 71.9 cm³/mol. The number of nitrogens with zero attached hydrogens (tertiary/aromatic N) is 2. The van der Waals surface area contributed by atoms with E-state index in [4.69, 9.17) is 10.8 Å². The molecule has 1 aromatic rings. The quantitative estimate of drug-likeness (QED) is 0.811. The second-order valence-corrected chi connectivity index (χ2v) is 5.47. The highest BCUT2D eigenvalue weighted by Crippen LogP contribution is 2.19. The van der Waals surface area contributed by atoms with Gasteiger partial charge in [0.2, 0.25) is 5.91 Å². The molecule has 0 aromatic carbocycles. The lowest BCUT2D eigenvalue weighted by atomic mass is 10.2. The highest BCUT2D eigenvalue weighted by molar-refractivity contribution is 7.10. The van der Waals surface area contributed by atoms with Crippen LogP contribution >= 0.6 is 11.3 Å². The molecule has 0 bridgehead atoms. The summed E-state index contributed by atoms with van der Waals surface area (Å²) in [6, 6.07) is 3.12. The third kappa shape index (κ3) is 3.52. The summed E-state index contributed by atoms with van der Waals surface area (Å²) in [6.45, 7) is 2.25. The van der Waals surface area contributed by atoms with E-state index in [-0.39, 0.29) is 12.5 Å². The van der Waals surface area contributed by atoms with Gasteiger partial charge >= 0.3 is 5.97 Å². The van der Waals surface area contributed by atoms with Gasteiger partial charge in [0.25, 0.3) is 0 Å². The highest BCUT2D eigenvalue weighted by Gasteiger charge is 2.27. The minimum atomic E-state index is -0.838. The molecule has 1 saturated heterocycles. The molecule has 0 aliphatic carbocycles. The standard InChI is InChI=1S/C12H17N3O3S/c13-11(9-2-1-7-19-9)12(18)15-5-3-14(4-6-15)8-10(16)17/h1-2,7,11H,3-6,8,13H2,(H,16,17). The van der Waals surface area contributed by atoms with Gasteiger partial charge in [0.1, 0.15) is 6.04 Å². The maximum Gasteiger partial charge on any atom is 0.317 e. The lowest BCUT2D eigenvalue weighted by Crippen LogP contribution is -2.51. The van der Waals surface area contributed by atoms with Crippen LogP contribution < -0.4 is 5.73 Å². The minimum Gasteiger partial charge on any atom is -0.480 e. The van der Waals surface area contributed by atoms with E-state index in [1.165, 1.54) is 11.3 Å². The van der Waals surface area contributed by atoms with E-state index < -0.39 is 12.0 Å². The normalized spacial score (nSPS) is 18.3. The summed E-state index contributed by atoms with van der Waals surface area (Å²) in [6.07, 6.45) is 0. The van der Waals surface area contributed by atoms with Gasteiger partial charge in [0.05, 0.1) is 6.54 Å². The van der Waals surface area contributed by atoms with Gasteiger partial charge in [-0.1, -0.05) is 6.07 Å². The maximum absolute atomic E-state index is 12.2. The van der Waals surface area contributed by atoms with Crippen molar-refractivity contribution in [3.05, 3.63) is 22.4 Å². The van der Waals surface area contributed by atoms with Crippen LogP contribution in [0, 0.1) is 0 Å². The largest absolute Gasteiger partial charge is 0.480 e. The average Bonchev–Trinajstić information content (AvgIpc) is 2.91. The second kappa shape index (κ2) is 6.14. The fourth-order valence-corrected chi connectivity index (χ4v) is 2.82. The lowest BCUT2D eigenvalue weighted by molar-refractivity contribution is -0.139. The topological polar surface area (TPSA) is 86.9 Å². The first-order valence-corrected chi connectivity index (χ1v) is 6.98. The van der Waals surface area contributed by atoms with Crippen molar-refractivity contribution >= 4 is 23.2 Å². The summed E-state index contributed by atoms with van der Waals surface area (Å²) in [4.78, 5) is 27.2. The van der Waals surface area contributed by atoms with Crippen LogP contribution in [0.2, 0.25) is 0 Å². The molecule has 2 heterocycles. The van der Waals surface area contributed by atoms with E-state index in [1.807, 2.05) is 22.4 Å². The number of hydrogen-bond acceptors (Lipinski definition) is 5. The summed E-state index contributed by atoms with van der Waals surface area (Å²) in [5.74, 6) is -0.924. The Labute approximate surface area is 115 Å². The molecule has 3 N–H and O–H groups in total. The number of amides is 1. The summed E-state index contributed by atoms with van der Waals surface area (Å²) < 4.78 is 0. The van der Waals surface area contributed by atoms with E-state index in [9.17, 15) is 9.59 Å². The van der Waals surface area contributed by atoms with Crippen LogP contribution in [-0.4, -0.2) is 59.5 Å². The van der Waals surface area contributed by atoms with Gasteiger partial charge in [-0.3, -0.25) is 14.5 Å². The first-order chi connectivity index (χ1) is 9.08. The van der Waals surface area contributed by atoms with Crippen LogP contribution in [-0.2, 0) is 9.59 Å². The van der Waals surface area contributed by atoms with Crippen molar-refractivity contribution in [2.75, 3.05) is 32.7 Å². The van der Waals surface area contributed by atoms with Crippen LogP contribution in [0.15, 0.2) is 17.5 Å². The predicted octanol–water partition coefficient (Wildman–Crippen LogP) is -0.0233. The Balaban J connectivity index is 1.87. The third-order valence-corrected chi connectivity index (χ3v) is 4.11. The van der Waals surface area contributed by atoms with Crippen LogP contribution in [0.25, 0.3) is 0 Å². The fraction of sp³-hybridized carbons (Fsp3) is 0.500. The fourth-order valence-electron chi connectivity index (χ4n) is 2.10. The van der Waals surface area contributed by atoms with Gasteiger partial charge in [0, 0.05) is 31.1 Å². The minimum absolute atomic E-state index is 0.0268. The number of thiophene rings is 1. The van der Waals surface area contributed by atoms with E-state index in [1.54, 1.807) is 4.90 Å². The zero-order valence-corrected chi connectivity index (χ0v) is 11.3. The van der Waals surface area contributed by atoms with Crippen molar-refractivity contribution in [3.8, 4) is 0 Å². The number of nitrogens with two attached hydrogens (primary N) is 1. The first-order valence-electron chi connectivity index (χ1n) is 6.10. The number of hydrogen-bond donors (Lipinski definition) is 2. The molecule has 7 heteroatoms.